The van der Waals surface area contributed by atoms with E-state index in [0.717, 1.165) is 36.2 Å². The van der Waals surface area contributed by atoms with E-state index in [1.54, 1.807) is 0 Å². The number of nitrogens with one attached hydrogen (secondary N) is 1. The Balaban J connectivity index is 1.58. The number of carbonyl (C=O) groups is 1. The van der Waals surface area contributed by atoms with Crippen LogP contribution in [-0.4, -0.2) is 25.5 Å². The number of carbonyl (C=O) groups excluding carboxylic acids is 1. The van der Waals surface area contributed by atoms with Gasteiger partial charge in [-0.15, -0.1) is 0 Å². The van der Waals surface area contributed by atoms with Crippen molar-refractivity contribution in [2.24, 2.45) is 7.05 Å². The molecule has 7 nitrogen and oxygen atoms in total. The first-order valence-electron chi connectivity index (χ1n) is 10.3. The lowest BCUT2D eigenvalue weighted by Crippen LogP contribution is -2.33. The van der Waals surface area contributed by atoms with E-state index < -0.39 is 0 Å². The second-order valence-electron chi connectivity index (χ2n) is 8.85. The van der Waals surface area contributed by atoms with E-state index in [0.29, 0.717) is 0 Å². The number of hydrogen-bond donors (Lipinski definition) is 1. The predicted octanol–water partition coefficient (Wildman–Crippen LogP) is 3.07. The van der Waals surface area contributed by atoms with Gasteiger partial charge in [0.25, 0.3) is 11.5 Å². The summed E-state index contributed by atoms with van der Waals surface area (Å²) in [4.78, 5) is 24.2. The van der Waals surface area contributed by atoms with Gasteiger partial charge in [0, 0.05) is 24.4 Å². The van der Waals surface area contributed by atoms with Crippen molar-refractivity contribution in [1.29, 1.82) is 0 Å². The van der Waals surface area contributed by atoms with Gasteiger partial charge in [0.15, 0.2) is 0 Å². The Morgan fingerprint density at radius 3 is 2.53 bits per heavy atom. The summed E-state index contributed by atoms with van der Waals surface area (Å²) in [6, 6.07) is 11.2. The summed E-state index contributed by atoms with van der Waals surface area (Å²) in [5, 5.41) is 11.7. The quantitative estimate of drug-likeness (QED) is 0.726. The fourth-order valence-corrected chi connectivity index (χ4v) is 3.89. The molecule has 1 aliphatic rings. The summed E-state index contributed by atoms with van der Waals surface area (Å²) < 4.78 is 3.14. The SMILES string of the molecule is Cn1nc(C(=O)N[C@H]2CCCc3c2cnn3-c2ccc(C(C)(C)C)cc2)ccc1=O. The largest absolute Gasteiger partial charge is 0.344 e. The summed E-state index contributed by atoms with van der Waals surface area (Å²) in [5.41, 5.74) is 4.56. The Labute approximate surface area is 175 Å². The van der Waals surface area contributed by atoms with Crippen LogP contribution in [0.4, 0.5) is 0 Å². The third-order valence-electron chi connectivity index (χ3n) is 5.66. The number of benzene rings is 1. The predicted molar refractivity (Wildman–Crippen MR) is 115 cm³/mol. The molecule has 1 aliphatic carbocycles. The highest BCUT2D eigenvalue weighted by atomic mass is 16.2. The number of amides is 1. The number of aromatic nitrogens is 4. The standard InChI is InChI=1S/C23H27N5O2/c1-23(2,3)15-8-10-16(11-9-15)28-20-7-5-6-18(17(20)14-24-28)25-22(30)19-12-13-21(29)27(4)26-19/h8-14,18H,5-7H2,1-4H3,(H,25,30)/t18-/m0/s1. The summed E-state index contributed by atoms with van der Waals surface area (Å²) in [6.07, 6.45) is 4.58. The molecule has 156 valence electrons. The first kappa shape index (κ1) is 20.1. The number of aryl methyl sites for hydroxylation is 1. The summed E-state index contributed by atoms with van der Waals surface area (Å²) >= 11 is 0. The van der Waals surface area contributed by atoms with Crippen LogP contribution in [0.25, 0.3) is 5.69 Å². The molecule has 30 heavy (non-hydrogen) atoms. The van der Waals surface area contributed by atoms with Crippen molar-refractivity contribution in [2.45, 2.75) is 51.5 Å². The fraction of sp³-hybridized carbons (Fsp3) is 0.391. The Morgan fingerprint density at radius 2 is 1.87 bits per heavy atom. The van der Waals surface area contributed by atoms with E-state index in [1.807, 2.05) is 10.9 Å². The Bertz CT molecular complexity index is 1140. The van der Waals surface area contributed by atoms with Crippen LogP contribution in [0.15, 0.2) is 47.4 Å². The maximum Gasteiger partial charge on any atom is 0.272 e. The minimum Gasteiger partial charge on any atom is -0.344 e. The first-order chi connectivity index (χ1) is 14.2. The molecule has 0 fully saturated rings. The smallest absolute Gasteiger partial charge is 0.272 e. The molecule has 2 aromatic heterocycles. The highest BCUT2D eigenvalue weighted by molar-refractivity contribution is 5.92. The summed E-state index contributed by atoms with van der Waals surface area (Å²) in [5.74, 6) is -0.286. The van der Waals surface area contributed by atoms with E-state index >= 15 is 0 Å². The maximum atomic E-state index is 12.7. The monoisotopic (exact) mass is 405 g/mol. The van der Waals surface area contributed by atoms with Crippen LogP contribution in [0.5, 0.6) is 0 Å². The number of rotatable bonds is 3. The van der Waals surface area contributed by atoms with Crippen LogP contribution in [0.3, 0.4) is 0 Å². The average Bonchev–Trinajstić information content (AvgIpc) is 3.14. The first-order valence-corrected chi connectivity index (χ1v) is 10.3. The molecule has 7 heteroatoms. The van der Waals surface area contributed by atoms with Crippen LogP contribution in [0.2, 0.25) is 0 Å². The number of nitrogens with zero attached hydrogens (tertiary/aromatic N) is 4. The van der Waals surface area contributed by atoms with Gasteiger partial charge in [-0.2, -0.15) is 10.2 Å². The third kappa shape index (κ3) is 3.79. The van der Waals surface area contributed by atoms with Gasteiger partial charge in [0.1, 0.15) is 5.69 Å². The molecule has 0 aliphatic heterocycles. The summed E-state index contributed by atoms with van der Waals surface area (Å²) in [6.45, 7) is 6.60. The molecule has 0 radical (unpaired) electrons. The topological polar surface area (TPSA) is 81.8 Å². The van der Waals surface area contributed by atoms with E-state index in [9.17, 15) is 9.59 Å². The van der Waals surface area contributed by atoms with Crippen LogP contribution >= 0.6 is 0 Å². The number of fused-ring (bicyclic) bond motifs is 1. The van der Waals surface area contributed by atoms with Gasteiger partial charge in [0.2, 0.25) is 0 Å². The van der Waals surface area contributed by atoms with Gasteiger partial charge in [-0.25, -0.2) is 9.36 Å². The van der Waals surface area contributed by atoms with E-state index in [1.165, 1.54) is 29.4 Å². The lowest BCUT2D eigenvalue weighted by Gasteiger charge is -2.24. The molecular weight excluding hydrogens is 378 g/mol. The molecule has 0 unspecified atom stereocenters. The van der Waals surface area contributed by atoms with Crippen LogP contribution < -0.4 is 10.9 Å². The molecule has 0 saturated carbocycles. The highest BCUT2D eigenvalue weighted by Gasteiger charge is 2.27. The Morgan fingerprint density at radius 1 is 1.13 bits per heavy atom. The minimum atomic E-state index is -0.286. The molecule has 3 aromatic rings. The molecule has 1 amide bonds. The zero-order chi connectivity index (χ0) is 21.5. The zero-order valence-corrected chi connectivity index (χ0v) is 17.8. The molecular formula is C23H27N5O2. The minimum absolute atomic E-state index is 0.104. The lowest BCUT2D eigenvalue weighted by molar-refractivity contribution is 0.0925. The van der Waals surface area contributed by atoms with Gasteiger partial charge in [-0.1, -0.05) is 32.9 Å². The second-order valence-corrected chi connectivity index (χ2v) is 8.85. The molecule has 0 spiro atoms. The van der Waals surface area contributed by atoms with Gasteiger partial charge in [-0.3, -0.25) is 9.59 Å². The van der Waals surface area contributed by atoms with Gasteiger partial charge >= 0.3 is 0 Å². The highest BCUT2D eigenvalue weighted by Crippen LogP contribution is 2.32. The third-order valence-corrected chi connectivity index (χ3v) is 5.66. The summed E-state index contributed by atoms with van der Waals surface area (Å²) in [7, 11) is 1.53. The molecule has 1 aromatic carbocycles. The van der Waals surface area contributed by atoms with Crippen molar-refractivity contribution in [3.05, 3.63) is 75.5 Å². The van der Waals surface area contributed by atoms with Gasteiger partial charge < -0.3 is 5.32 Å². The normalized spacial score (nSPS) is 16.2. The van der Waals surface area contributed by atoms with E-state index in [4.69, 9.17) is 0 Å². The van der Waals surface area contributed by atoms with Crippen molar-refractivity contribution in [3.8, 4) is 5.69 Å². The fourth-order valence-electron chi connectivity index (χ4n) is 3.89. The Hall–Kier alpha value is -3.22. The van der Waals surface area contributed by atoms with Gasteiger partial charge in [-0.05, 0) is 48.4 Å². The van der Waals surface area contributed by atoms with Crippen LogP contribution in [-0.2, 0) is 18.9 Å². The molecule has 0 saturated heterocycles. The Kier molecular flexibility index (Phi) is 5.05. The van der Waals surface area contributed by atoms with Crippen molar-refractivity contribution < 1.29 is 4.79 Å². The molecule has 2 heterocycles. The molecule has 4 rings (SSSR count). The van der Waals surface area contributed by atoms with E-state index in [2.05, 4.69) is 60.6 Å². The van der Waals surface area contributed by atoms with Crippen molar-refractivity contribution in [1.82, 2.24) is 24.9 Å². The number of hydrogen-bond acceptors (Lipinski definition) is 4. The van der Waals surface area contributed by atoms with Crippen LogP contribution in [0.1, 0.15) is 67.0 Å². The zero-order valence-electron chi connectivity index (χ0n) is 17.8. The molecule has 0 bridgehead atoms. The van der Waals surface area contributed by atoms with E-state index in [-0.39, 0.29) is 28.6 Å². The molecule has 1 N–H and O–H groups in total. The van der Waals surface area contributed by atoms with Crippen molar-refractivity contribution >= 4 is 5.91 Å². The molecule has 1 atom stereocenters. The van der Waals surface area contributed by atoms with Crippen molar-refractivity contribution in [3.63, 3.8) is 0 Å². The average molecular weight is 406 g/mol. The van der Waals surface area contributed by atoms with Crippen LogP contribution in [0, 0.1) is 0 Å². The van der Waals surface area contributed by atoms with Gasteiger partial charge in [0.05, 0.1) is 17.9 Å². The lowest BCUT2D eigenvalue weighted by atomic mass is 9.87. The van der Waals surface area contributed by atoms with Crippen molar-refractivity contribution in [2.75, 3.05) is 0 Å². The maximum absolute atomic E-state index is 12.7. The second kappa shape index (κ2) is 7.55.